The lowest BCUT2D eigenvalue weighted by Gasteiger charge is -2.40. The van der Waals surface area contributed by atoms with Crippen LogP contribution in [0.15, 0.2) is 24.3 Å². The van der Waals surface area contributed by atoms with Gasteiger partial charge in [0, 0.05) is 35.3 Å². The number of non-ortho nitro benzene ring substituents is 1. The molecule has 0 spiro atoms. The van der Waals surface area contributed by atoms with Crippen molar-refractivity contribution in [3.63, 3.8) is 0 Å². The molecule has 2 aliphatic rings. The SMILES string of the molecule is O=C1[C@@H]2CCC[C@H]1[C@H](c1ccc([N+](=O)[O-])cc1)[C@@H]([N+](=O)[O-])C2. The van der Waals surface area contributed by atoms with Gasteiger partial charge in [0.2, 0.25) is 6.04 Å². The van der Waals surface area contributed by atoms with Crippen molar-refractivity contribution >= 4 is 11.5 Å². The highest BCUT2D eigenvalue weighted by Crippen LogP contribution is 2.46. The maximum atomic E-state index is 12.4. The molecule has 0 unspecified atom stereocenters. The minimum atomic E-state index is -0.783. The van der Waals surface area contributed by atoms with Crippen molar-refractivity contribution < 1.29 is 14.6 Å². The van der Waals surface area contributed by atoms with Crippen molar-refractivity contribution in [3.05, 3.63) is 50.1 Å². The lowest BCUT2D eigenvalue weighted by molar-refractivity contribution is -0.532. The number of nitro benzene ring substituents is 1. The molecule has 7 nitrogen and oxygen atoms in total. The summed E-state index contributed by atoms with van der Waals surface area (Å²) in [6.07, 6.45) is 2.60. The number of fused-ring (bicyclic) bond motifs is 2. The van der Waals surface area contributed by atoms with Crippen molar-refractivity contribution in [1.82, 2.24) is 0 Å². The van der Waals surface area contributed by atoms with E-state index in [0.29, 0.717) is 12.0 Å². The first kappa shape index (κ1) is 14.6. The summed E-state index contributed by atoms with van der Waals surface area (Å²) in [7, 11) is 0. The van der Waals surface area contributed by atoms with Crippen LogP contribution in [0.25, 0.3) is 0 Å². The Labute approximate surface area is 126 Å². The first-order valence-corrected chi connectivity index (χ1v) is 7.40. The van der Waals surface area contributed by atoms with E-state index < -0.39 is 16.9 Å². The van der Waals surface area contributed by atoms with E-state index in [1.54, 1.807) is 12.1 Å². The van der Waals surface area contributed by atoms with Gasteiger partial charge in [0.15, 0.2) is 0 Å². The van der Waals surface area contributed by atoms with Crippen molar-refractivity contribution in [2.75, 3.05) is 0 Å². The molecule has 0 N–H and O–H groups in total. The van der Waals surface area contributed by atoms with Gasteiger partial charge in [-0.1, -0.05) is 18.6 Å². The maximum Gasteiger partial charge on any atom is 0.269 e. The van der Waals surface area contributed by atoms with E-state index in [-0.39, 0.29) is 34.7 Å². The lowest BCUT2D eigenvalue weighted by Crippen LogP contribution is -2.47. The molecule has 0 aliphatic heterocycles. The van der Waals surface area contributed by atoms with Crippen molar-refractivity contribution in [1.29, 1.82) is 0 Å². The molecule has 2 saturated carbocycles. The number of hydrogen-bond acceptors (Lipinski definition) is 5. The number of rotatable bonds is 3. The van der Waals surface area contributed by atoms with Crippen LogP contribution >= 0.6 is 0 Å². The van der Waals surface area contributed by atoms with Gasteiger partial charge in [0.25, 0.3) is 5.69 Å². The Morgan fingerprint density at radius 1 is 1.05 bits per heavy atom. The predicted octanol–water partition coefficient (Wildman–Crippen LogP) is 2.71. The fourth-order valence-electron chi connectivity index (χ4n) is 3.96. The van der Waals surface area contributed by atoms with Crippen LogP contribution in [0.5, 0.6) is 0 Å². The van der Waals surface area contributed by atoms with E-state index in [2.05, 4.69) is 0 Å². The summed E-state index contributed by atoms with van der Waals surface area (Å²) in [4.78, 5) is 33.8. The zero-order valence-corrected chi connectivity index (χ0v) is 11.9. The molecule has 7 heteroatoms. The Hall–Kier alpha value is -2.31. The molecule has 3 rings (SSSR count). The number of hydrogen-bond donors (Lipinski definition) is 0. The summed E-state index contributed by atoms with van der Waals surface area (Å²) in [6.45, 7) is 0. The van der Waals surface area contributed by atoms with Crippen molar-refractivity contribution in [3.8, 4) is 0 Å². The number of carbonyl (C=O) groups excluding carboxylic acids is 1. The van der Waals surface area contributed by atoms with Crippen LogP contribution in [0.3, 0.4) is 0 Å². The predicted molar refractivity (Wildman–Crippen MR) is 77.1 cm³/mol. The van der Waals surface area contributed by atoms with Crippen molar-refractivity contribution in [2.24, 2.45) is 11.8 Å². The van der Waals surface area contributed by atoms with E-state index in [4.69, 9.17) is 0 Å². The molecule has 4 atom stereocenters. The van der Waals surface area contributed by atoms with Gasteiger partial charge < -0.3 is 0 Å². The number of ketones is 1. The van der Waals surface area contributed by atoms with Gasteiger partial charge in [-0.3, -0.25) is 25.0 Å². The summed E-state index contributed by atoms with van der Waals surface area (Å²) in [5.74, 6) is -0.861. The fourth-order valence-corrected chi connectivity index (χ4v) is 3.96. The van der Waals surface area contributed by atoms with Crippen LogP contribution in [0.2, 0.25) is 0 Å². The second-order valence-electron chi connectivity index (χ2n) is 6.10. The van der Waals surface area contributed by atoms with Gasteiger partial charge in [-0.25, -0.2) is 0 Å². The highest BCUT2D eigenvalue weighted by molar-refractivity contribution is 5.86. The minimum absolute atomic E-state index is 0.0509. The number of nitro groups is 2. The summed E-state index contributed by atoms with van der Waals surface area (Å²) in [6, 6.07) is 5.04. The van der Waals surface area contributed by atoms with Gasteiger partial charge in [-0.2, -0.15) is 0 Å². The lowest BCUT2D eigenvalue weighted by atomic mass is 9.62. The average molecular weight is 304 g/mol. The zero-order chi connectivity index (χ0) is 15.9. The summed E-state index contributed by atoms with van der Waals surface area (Å²) >= 11 is 0. The third-order valence-corrected chi connectivity index (χ3v) is 4.97. The quantitative estimate of drug-likeness (QED) is 0.630. The van der Waals surface area contributed by atoms with Crippen LogP contribution in [0, 0.1) is 32.1 Å². The molecular formula is C15H16N2O5. The first-order chi connectivity index (χ1) is 10.5. The van der Waals surface area contributed by atoms with Crippen LogP contribution in [-0.2, 0) is 4.79 Å². The summed E-state index contributed by atoms with van der Waals surface area (Å²) in [5.41, 5.74) is 0.607. The van der Waals surface area contributed by atoms with Gasteiger partial charge >= 0.3 is 0 Å². The molecular weight excluding hydrogens is 288 g/mol. The topological polar surface area (TPSA) is 103 Å². The van der Waals surface area contributed by atoms with E-state index in [1.165, 1.54) is 12.1 Å². The molecule has 2 aliphatic carbocycles. The van der Waals surface area contributed by atoms with Gasteiger partial charge in [-0.15, -0.1) is 0 Å². The number of carbonyl (C=O) groups is 1. The Morgan fingerprint density at radius 2 is 1.73 bits per heavy atom. The van der Waals surface area contributed by atoms with Crippen molar-refractivity contribution in [2.45, 2.75) is 37.6 Å². The van der Waals surface area contributed by atoms with E-state index in [1.807, 2.05) is 0 Å². The second-order valence-corrected chi connectivity index (χ2v) is 6.10. The second kappa shape index (κ2) is 5.47. The molecule has 0 radical (unpaired) electrons. The molecule has 2 bridgehead atoms. The largest absolute Gasteiger partial charge is 0.299 e. The average Bonchev–Trinajstić information content (AvgIpc) is 2.47. The monoisotopic (exact) mass is 304 g/mol. The molecule has 2 fully saturated rings. The van der Waals surface area contributed by atoms with E-state index in [0.717, 1.165) is 12.8 Å². The Morgan fingerprint density at radius 3 is 2.32 bits per heavy atom. The molecule has 1 aromatic rings. The molecule has 1 aromatic carbocycles. The van der Waals surface area contributed by atoms with Gasteiger partial charge in [0.05, 0.1) is 10.8 Å². The van der Waals surface area contributed by atoms with E-state index >= 15 is 0 Å². The maximum absolute atomic E-state index is 12.4. The summed E-state index contributed by atoms with van der Waals surface area (Å²) in [5, 5.41) is 22.2. The molecule has 0 aromatic heterocycles. The number of nitrogens with zero attached hydrogens (tertiary/aromatic N) is 2. The van der Waals surface area contributed by atoms with Crippen LogP contribution < -0.4 is 0 Å². The first-order valence-electron chi connectivity index (χ1n) is 7.40. The van der Waals surface area contributed by atoms with Crippen LogP contribution in [0.4, 0.5) is 5.69 Å². The Balaban J connectivity index is 1.98. The number of Topliss-reactive ketones (excluding diaryl/α,β-unsaturated/α-hetero) is 1. The van der Waals surface area contributed by atoms with E-state index in [9.17, 15) is 25.0 Å². The van der Waals surface area contributed by atoms with Gasteiger partial charge in [0.1, 0.15) is 5.78 Å². The fraction of sp³-hybridized carbons (Fsp3) is 0.533. The normalized spacial score (nSPS) is 30.8. The molecule has 22 heavy (non-hydrogen) atoms. The highest BCUT2D eigenvalue weighted by atomic mass is 16.6. The standard InChI is InChI=1S/C15H16N2O5/c18-15-10-2-1-3-12(15)14(13(8-10)17(21)22)9-4-6-11(7-5-9)16(19)20/h4-7,10,12-14H,1-3,8H2/t10-,12+,13+,14+/m1/s1. The van der Waals surface area contributed by atoms with Crippen LogP contribution in [0.1, 0.15) is 37.2 Å². The molecule has 116 valence electrons. The molecule has 0 heterocycles. The highest BCUT2D eigenvalue weighted by Gasteiger charge is 2.51. The smallest absolute Gasteiger partial charge is 0.269 e. The Kier molecular flexibility index (Phi) is 3.64. The van der Waals surface area contributed by atoms with Gasteiger partial charge in [-0.05, 0) is 18.4 Å². The third kappa shape index (κ3) is 2.36. The minimum Gasteiger partial charge on any atom is -0.299 e. The number of benzene rings is 1. The Bertz CT molecular complexity index is 625. The zero-order valence-electron chi connectivity index (χ0n) is 11.9. The third-order valence-electron chi connectivity index (χ3n) is 4.97. The molecule has 0 saturated heterocycles. The molecule has 0 amide bonds. The van der Waals surface area contributed by atoms with Crippen LogP contribution in [-0.4, -0.2) is 21.7 Å². The summed E-state index contributed by atoms with van der Waals surface area (Å²) < 4.78 is 0.